The van der Waals surface area contributed by atoms with Crippen molar-refractivity contribution in [3.8, 4) is 0 Å². The Morgan fingerprint density at radius 1 is 1.03 bits per heavy atom. The van der Waals surface area contributed by atoms with Crippen LogP contribution in [0.5, 0.6) is 0 Å². The van der Waals surface area contributed by atoms with Crippen molar-refractivity contribution in [2.75, 3.05) is 5.32 Å². The second-order valence-corrected chi connectivity index (χ2v) is 10.7. The molecule has 2 saturated carbocycles. The average molecular weight is 529 g/mol. The number of oxime groups is 1. The predicted molar refractivity (Wildman–Crippen MR) is 136 cm³/mol. The summed E-state index contributed by atoms with van der Waals surface area (Å²) in [4.78, 5) is 52.1. The van der Waals surface area contributed by atoms with Crippen LogP contribution in [-0.4, -0.2) is 27.4 Å². The van der Waals surface area contributed by atoms with E-state index in [1.807, 2.05) is 27.7 Å². The number of carbonyl (C=O) groups excluding carboxylic acids is 2. The molecule has 4 rings (SSSR count). The van der Waals surface area contributed by atoms with E-state index in [4.69, 9.17) is 16.4 Å². The molecule has 1 amide bonds. The maximum atomic E-state index is 13.7. The van der Waals surface area contributed by atoms with Crippen LogP contribution in [0, 0.1) is 43.4 Å². The Hall–Kier alpha value is -3.86. The fourth-order valence-corrected chi connectivity index (χ4v) is 5.83. The number of hydrogen-bond donors (Lipinski definition) is 1. The Morgan fingerprint density at radius 2 is 1.65 bits per heavy atom. The van der Waals surface area contributed by atoms with Gasteiger partial charge in [-0.3, -0.25) is 25.0 Å². The van der Waals surface area contributed by atoms with Crippen molar-refractivity contribution in [2.45, 2.75) is 47.0 Å². The third kappa shape index (κ3) is 4.12. The number of rotatable bonds is 6. The Bertz CT molecular complexity index is 1360. The second-order valence-electron chi connectivity index (χ2n) is 10.3. The molecule has 0 aliphatic heterocycles. The van der Waals surface area contributed by atoms with Gasteiger partial charge in [-0.1, -0.05) is 37.5 Å². The molecule has 12 heteroatoms. The maximum Gasteiger partial charge on any atom is 0.366 e. The first-order chi connectivity index (χ1) is 17.2. The Morgan fingerprint density at radius 3 is 2.22 bits per heavy atom. The van der Waals surface area contributed by atoms with E-state index in [0.29, 0.717) is 29.3 Å². The summed E-state index contributed by atoms with van der Waals surface area (Å²) >= 11 is 6.04. The molecule has 0 saturated heterocycles. The molecule has 0 aromatic heterocycles. The molecule has 194 valence electrons. The minimum absolute atomic E-state index is 0.169. The van der Waals surface area contributed by atoms with E-state index in [9.17, 15) is 29.8 Å². The van der Waals surface area contributed by atoms with E-state index in [-0.39, 0.29) is 17.9 Å². The highest BCUT2D eigenvalue weighted by Gasteiger charge is 2.71. The average Bonchev–Trinajstić information content (AvgIpc) is 3.14. The normalized spacial score (nSPS) is 24.6. The number of nitro groups is 2. The zero-order valence-electron chi connectivity index (χ0n) is 20.7. The van der Waals surface area contributed by atoms with Gasteiger partial charge in [0, 0.05) is 34.7 Å². The van der Waals surface area contributed by atoms with E-state index in [2.05, 4.69) is 10.5 Å². The molecule has 2 aromatic carbocycles. The summed E-state index contributed by atoms with van der Waals surface area (Å²) in [6, 6.07) is 7.75. The van der Waals surface area contributed by atoms with Crippen LogP contribution in [-0.2, 0) is 9.63 Å². The summed E-state index contributed by atoms with van der Waals surface area (Å²) in [5.74, 6) is -1.24. The number of carbonyl (C=O) groups is 2. The Balaban J connectivity index is 1.61. The van der Waals surface area contributed by atoms with E-state index in [1.165, 1.54) is 0 Å². The largest absolute Gasteiger partial charge is 0.366 e. The lowest BCUT2D eigenvalue weighted by Gasteiger charge is -2.39. The van der Waals surface area contributed by atoms with E-state index in [1.54, 1.807) is 18.2 Å². The van der Waals surface area contributed by atoms with Crippen LogP contribution in [0.15, 0.2) is 41.6 Å². The maximum absolute atomic E-state index is 13.7. The molecule has 2 unspecified atom stereocenters. The lowest BCUT2D eigenvalue weighted by molar-refractivity contribution is -0.394. The molecule has 2 bridgehead atoms. The van der Waals surface area contributed by atoms with Crippen molar-refractivity contribution in [1.82, 2.24) is 0 Å². The quantitative estimate of drug-likeness (QED) is 0.281. The number of anilines is 1. The predicted octanol–water partition coefficient (Wildman–Crippen LogP) is 5.83. The van der Waals surface area contributed by atoms with Crippen molar-refractivity contribution in [2.24, 2.45) is 21.4 Å². The minimum atomic E-state index is -1.07. The van der Waals surface area contributed by atoms with Crippen LogP contribution in [0.2, 0.25) is 5.02 Å². The molecule has 2 aliphatic rings. The van der Waals surface area contributed by atoms with Crippen molar-refractivity contribution in [1.29, 1.82) is 0 Å². The number of non-ortho nitro benzene ring substituents is 2. The van der Waals surface area contributed by atoms with Crippen molar-refractivity contribution >= 4 is 46.3 Å². The molecule has 11 nitrogen and oxygen atoms in total. The van der Waals surface area contributed by atoms with Crippen LogP contribution in [0.25, 0.3) is 0 Å². The summed E-state index contributed by atoms with van der Waals surface area (Å²) in [5, 5.41) is 30.0. The fraction of sp³-hybridized carbons (Fsp3) is 0.400. The van der Waals surface area contributed by atoms with Crippen LogP contribution in [0.4, 0.5) is 17.1 Å². The molecule has 0 spiro atoms. The first kappa shape index (κ1) is 26.2. The lowest BCUT2D eigenvalue weighted by atomic mass is 9.64. The molecule has 2 aromatic rings. The van der Waals surface area contributed by atoms with Gasteiger partial charge in [-0.25, -0.2) is 4.79 Å². The van der Waals surface area contributed by atoms with E-state index < -0.39 is 43.4 Å². The van der Waals surface area contributed by atoms with E-state index >= 15 is 0 Å². The van der Waals surface area contributed by atoms with Gasteiger partial charge in [0.15, 0.2) is 0 Å². The third-order valence-corrected chi connectivity index (χ3v) is 8.64. The summed E-state index contributed by atoms with van der Waals surface area (Å²) in [6.45, 7) is 7.79. The van der Waals surface area contributed by atoms with Gasteiger partial charge in [0.25, 0.3) is 11.4 Å². The molecule has 0 radical (unpaired) electrons. The van der Waals surface area contributed by atoms with Crippen LogP contribution >= 0.6 is 11.6 Å². The number of benzene rings is 2. The number of halogens is 1. The first-order valence-electron chi connectivity index (χ1n) is 11.5. The standard InChI is InChI=1S/C25H25ClN4O7/c1-14-9-16(26)5-6-19(14)27-22(32)25-8-7-24(4,23(25,2)3)20(13-25)28-37-21(31)15-10-17(29(33)34)12-18(11-15)30(35)36/h5-6,9-12H,7-8,13H2,1-4H3,(H,27,32). The molecule has 0 heterocycles. The molecule has 2 fully saturated rings. The zero-order valence-corrected chi connectivity index (χ0v) is 21.4. The van der Waals surface area contributed by atoms with Crippen LogP contribution in [0.3, 0.4) is 0 Å². The fourth-order valence-electron chi connectivity index (χ4n) is 5.60. The summed E-state index contributed by atoms with van der Waals surface area (Å²) < 4.78 is 0. The number of amides is 1. The summed E-state index contributed by atoms with van der Waals surface area (Å²) in [5.41, 5.74) is -1.54. The van der Waals surface area contributed by atoms with Gasteiger partial charge in [-0.2, -0.15) is 0 Å². The molecule has 37 heavy (non-hydrogen) atoms. The van der Waals surface area contributed by atoms with Crippen LogP contribution in [0.1, 0.15) is 56.0 Å². The monoisotopic (exact) mass is 528 g/mol. The van der Waals surface area contributed by atoms with Crippen molar-refractivity contribution in [3.63, 3.8) is 0 Å². The minimum Gasteiger partial charge on any atom is -0.325 e. The number of fused-ring (bicyclic) bond motifs is 2. The van der Waals surface area contributed by atoms with Gasteiger partial charge in [-0.05, 0) is 48.9 Å². The van der Waals surface area contributed by atoms with Gasteiger partial charge in [0.2, 0.25) is 5.91 Å². The smallest absolute Gasteiger partial charge is 0.325 e. The Kier molecular flexibility index (Phi) is 6.31. The highest BCUT2D eigenvalue weighted by molar-refractivity contribution is 6.30. The highest BCUT2D eigenvalue weighted by Crippen LogP contribution is 2.71. The Labute approximate surface area is 217 Å². The van der Waals surface area contributed by atoms with Crippen molar-refractivity contribution in [3.05, 3.63) is 72.8 Å². The lowest BCUT2D eigenvalue weighted by Crippen LogP contribution is -2.43. The number of hydrogen-bond acceptors (Lipinski definition) is 8. The van der Waals surface area contributed by atoms with Gasteiger partial charge < -0.3 is 10.2 Å². The number of nitrogens with one attached hydrogen (secondary N) is 1. The molecular weight excluding hydrogens is 504 g/mol. The molecular formula is C25H25ClN4O7. The number of nitrogens with zero attached hydrogens (tertiary/aromatic N) is 3. The van der Waals surface area contributed by atoms with Gasteiger partial charge in [-0.15, -0.1) is 0 Å². The highest BCUT2D eigenvalue weighted by atomic mass is 35.5. The van der Waals surface area contributed by atoms with Gasteiger partial charge in [0.1, 0.15) is 0 Å². The molecule has 1 N–H and O–H groups in total. The number of nitro benzene ring substituents is 2. The van der Waals surface area contributed by atoms with Gasteiger partial charge in [0.05, 0.1) is 32.6 Å². The second kappa shape index (κ2) is 8.91. The van der Waals surface area contributed by atoms with E-state index in [0.717, 1.165) is 23.8 Å². The SMILES string of the molecule is Cc1cc(Cl)ccc1NC(=O)C12CCC(C)(C(=NOC(=O)c3cc([N+](=O)[O-])cc([N+](=O)[O-])c3)C1)C2(C)C. The summed E-state index contributed by atoms with van der Waals surface area (Å²) in [7, 11) is 0. The summed E-state index contributed by atoms with van der Waals surface area (Å²) in [6.07, 6.45) is 1.49. The third-order valence-electron chi connectivity index (χ3n) is 8.40. The molecule has 2 atom stereocenters. The topological polar surface area (TPSA) is 154 Å². The van der Waals surface area contributed by atoms with Gasteiger partial charge >= 0.3 is 5.97 Å². The number of aryl methyl sites for hydroxylation is 1. The van der Waals surface area contributed by atoms with Crippen LogP contribution < -0.4 is 5.32 Å². The first-order valence-corrected chi connectivity index (χ1v) is 11.9. The molecule has 2 aliphatic carbocycles. The van der Waals surface area contributed by atoms with Crippen molar-refractivity contribution < 1.29 is 24.3 Å². The zero-order chi connectivity index (χ0) is 27.3.